The summed E-state index contributed by atoms with van der Waals surface area (Å²) in [4.78, 5) is 7.62. The maximum atomic E-state index is 8.56. The molecular weight excluding hydrogens is 278 g/mol. The Morgan fingerprint density at radius 2 is 1.60 bits per heavy atom. The highest BCUT2D eigenvalue weighted by molar-refractivity contribution is 6.30. The zero-order valence-electron chi connectivity index (χ0n) is 10.6. The Morgan fingerprint density at radius 3 is 2.20 bits per heavy atom. The van der Waals surface area contributed by atoms with Crippen LogP contribution < -0.4 is 9.47 Å². The minimum atomic E-state index is 0.128. The Labute approximate surface area is 121 Å². The Balaban J connectivity index is 1.66. The van der Waals surface area contributed by atoms with Gasteiger partial charge in [0.25, 0.3) is 0 Å². The summed E-state index contributed by atoms with van der Waals surface area (Å²) in [5, 5.41) is 9.24. The number of nitrogens with zero attached hydrogens (tertiary/aromatic N) is 3. The molecule has 5 nitrogen and oxygen atoms in total. The highest BCUT2D eigenvalue weighted by Crippen LogP contribution is 2.15. The lowest BCUT2D eigenvalue weighted by molar-refractivity contribution is 0.246. The molecule has 0 N–H and O–H groups in total. The summed E-state index contributed by atoms with van der Waals surface area (Å²) in [6.07, 6.45) is 3.68. The molecule has 102 valence electrons. The summed E-state index contributed by atoms with van der Waals surface area (Å²) in [6, 6.07) is 9.04. The lowest BCUT2D eigenvalue weighted by atomic mass is 10.3. The molecule has 1 aromatic carbocycles. The van der Waals surface area contributed by atoms with Crippen LogP contribution in [0.3, 0.4) is 0 Å². The van der Waals surface area contributed by atoms with Crippen molar-refractivity contribution in [1.29, 1.82) is 5.26 Å². The molecule has 2 rings (SSSR count). The molecule has 0 aliphatic heterocycles. The third-order valence-electron chi connectivity index (χ3n) is 2.37. The number of hydrogen-bond donors (Lipinski definition) is 0. The first-order valence-electron chi connectivity index (χ1n) is 6.01. The van der Waals surface area contributed by atoms with Gasteiger partial charge >= 0.3 is 0 Å². The molecular formula is C14H12ClN3O2. The average molecular weight is 290 g/mol. The van der Waals surface area contributed by atoms with Crippen LogP contribution >= 0.6 is 11.6 Å². The normalized spacial score (nSPS) is 9.80. The van der Waals surface area contributed by atoms with Gasteiger partial charge in [-0.15, -0.1) is 0 Å². The van der Waals surface area contributed by atoms with Crippen molar-refractivity contribution in [3.05, 3.63) is 47.5 Å². The van der Waals surface area contributed by atoms with Gasteiger partial charge < -0.3 is 9.47 Å². The number of rotatable bonds is 6. The topological polar surface area (TPSA) is 68.0 Å². The molecule has 0 saturated heterocycles. The molecule has 20 heavy (non-hydrogen) atoms. The zero-order valence-corrected chi connectivity index (χ0v) is 11.4. The summed E-state index contributed by atoms with van der Waals surface area (Å²) in [5.74, 6) is 1.44. The summed E-state index contributed by atoms with van der Waals surface area (Å²) < 4.78 is 10.9. The maximum absolute atomic E-state index is 8.56. The highest BCUT2D eigenvalue weighted by Gasteiger charge is 1.98. The van der Waals surface area contributed by atoms with Crippen molar-refractivity contribution in [3.63, 3.8) is 0 Å². The third kappa shape index (κ3) is 4.41. The maximum Gasteiger partial charge on any atom is 0.232 e. The van der Waals surface area contributed by atoms with E-state index in [-0.39, 0.29) is 5.82 Å². The van der Waals surface area contributed by atoms with Crippen molar-refractivity contribution in [1.82, 2.24) is 9.97 Å². The third-order valence-corrected chi connectivity index (χ3v) is 2.62. The van der Waals surface area contributed by atoms with E-state index >= 15 is 0 Å². The summed E-state index contributed by atoms with van der Waals surface area (Å²) in [7, 11) is 0. The van der Waals surface area contributed by atoms with Crippen molar-refractivity contribution in [2.24, 2.45) is 0 Å². The standard InChI is InChI=1S/C14H12ClN3O2/c15-11-2-4-12(5-3-11)19-6-1-7-20-13-9-17-14(8-16)18-10-13/h2-5,9-10H,1,6-7H2. The van der Waals surface area contributed by atoms with Gasteiger partial charge in [-0.2, -0.15) is 5.26 Å². The van der Waals surface area contributed by atoms with Crippen LogP contribution in [-0.2, 0) is 0 Å². The molecule has 0 unspecified atom stereocenters. The average Bonchev–Trinajstić information content (AvgIpc) is 2.49. The van der Waals surface area contributed by atoms with Crippen molar-refractivity contribution in [3.8, 4) is 17.6 Å². The predicted octanol–water partition coefficient (Wildman–Crippen LogP) is 2.85. The molecule has 2 aromatic rings. The molecule has 0 atom stereocenters. The summed E-state index contributed by atoms with van der Waals surface area (Å²) in [5.41, 5.74) is 0. The fourth-order valence-corrected chi connectivity index (χ4v) is 1.54. The smallest absolute Gasteiger partial charge is 0.232 e. The second-order valence-electron chi connectivity index (χ2n) is 3.86. The van der Waals surface area contributed by atoms with Gasteiger partial charge in [0, 0.05) is 11.4 Å². The van der Waals surface area contributed by atoms with Gasteiger partial charge in [0.15, 0.2) is 5.75 Å². The van der Waals surface area contributed by atoms with Gasteiger partial charge in [-0.25, -0.2) is 9.97 Å². The van der Waals surface area contributed by atoms with E-state index < -0.39 is 0 Å². The van der Waals surface area contributed by atoms with E-state index in [2.05, 4.69) is 9.97 Å². The molecule has 0 spiro atoms. The van der Waals surface area contributed by atoms with Gasteiger partial charge in [-0.1, -0.05) is 11.6 Å². The van der Waals surface area contributed by atoms with Crippen LogP contribution in [0.5, 0.6) is 11.5 Å². The lowest BCUT2D eigenvalue weighted by Crippen LogP contribution is -2.05. The number of nitriles is 1. The fourth-order valence-electron chi connectivity index (χ4n) is 1.42. The van der Waals surface area contributed by atoms with E-state index in [9.17, 15) is 0 Å². The Morgan fingerprint density at radius 1 is 1.00 bits per heavy atom. The van der Waals surface area contributed by atoms with Crippen LogP contribution in [0.2, 0.25) is 5.02 Å². The first-order chi connectivity index (χ1) is 9.78. The van der Waals surface area contributed by atoms with E-state index in [4.69, 9.17) is 26.3 Å². The predicted molar refractivity (Wildman–Crippen MR) is 73.8 cm³/mol. The minimum Gasteiger partial charge on any atom is -0.493 e. The monoisotopic (exact) mass is 289 g/mol. The number of hydrogen-bond acceptors (Lipinski definition) is 5. The van der Waals surface area contributed by atoms with E-state index in [0.717, 1.165) is 12.2 Å². The molecule has 0 bridgehead atoms. The van der Waals surface area contributed by atoms with Gasteiger partial charge in [0.05, 0.1) is 25.6 Å². The lowest BCUT2D eigenvalue weighted by Gasteiger charge is -2.07. The van der Waals surface area contributed by atoms with Gasteiger partial charge in [-0.3, -0.25) is 0 Å². The second kappa shape index (κ2) is 7.31. The Kier molecular flexibility index (Phi) is 5.15. The molecule has 0 aliphatic carbocycles. The van der Waals surface area contributed by atoms with Crippen LogP contribution in [0.15, 0.2) is 36.7 Å². The fraction of sp³-hybridized carbons (Fsp3) is 0.214. The van der Waals surface area contributed by atoms with E-state index in [1.807, 2.05) is 18.2 Å². The number of halogens is 1. The van der Waals surface area contributed by atoms with Crippen LogP contribution in [0.4, 0.5) is 0 Å². The van der Waals surface area contributed by atoms with Crippen molar-refractivity contribution >= 4 is 11.6 Å². The van der Waals surface area contributed by atoms with E-state index in [1.165, 1.54) is 12.4 Å². The summed E-state index contributed by atoms with van der Waals surface area (Å²) in [6.45, 7) is 1.03. The number of benzene rings is 1. The molecule has 0 aliphatic rings. The van der Waals surface area contributed by atoms with Crippen molar-refractivity contribution in [2.45, 2.75) is 6.42 Å². The van der Waals surface area contributed by atoms with Crippen LogP contribution in [0.1, 0.15) is 12.2 Å². The first kappa shape index (κ1) is 14.1. The molecule has 6 heteroatoms. The minimum absolute atomic E-state index is 0.128. The van der Waals surface area contributed by atoms with E-state index in [0.29, 0.717) is 24.0 Å². The molecule has 0 fully saturated rings. The van der Waals surface area contributed by atoms with Gasteiger partial charge in [0.2, 0.25) is 5.82 Å². The van der Waals surface area contributed by atoms with Crippen LogP contribution in [-0.4, -0.2) is 23.2 Å². The highest BCUT2D eigenvalue weighted by atomic mass is 35.5. The van der Waals surface area contributed by atoms with Gasteiger partial charge in [-0.05, 0) is 24.3 Å². The van der Waals surface area contributed by atoms with Gasteiger partial charge in [0.1, 0.15) is 11.8 Å². The quantitative estimate of drug-likeness (QED) is 0.765. The van der Waals surface area contributed by atoms with Crippen molar-refractivity contribution in [2.75, 3.05) is 13.2 Å². The Bertz CT molecular complexity index is 579. The van der Waals surface area contributed by atoms with E-state index in [1.54, 1.807) is 12.1 Å². The molecule has 0 radical (unpaired) electrons. The second-order valence-corrected chi connectivity index (χ2v) is 4.30. The Hall–Kier alpha value is -2.32. The summed E-state index contributed by atoms with van der Waals surface area (Å²) >= 11 is 5.78. The van der Waals surface area contributed by atoms with Crippen molar-refractivity contribution < 1.29 is 9.47 Å². The molecule has 0 amide bonds. The SMILES string of the molecule is N#Cc1ncc(OCCCOc2ccc(Cl)cc2)cn1. The molecule has 0 saturated carbocycles. The molecule has 1 aromatic heterocycles. The zero-order chi connectivity index (χ0) is 14.2. The van der Waals surface area contributed by atoms with Crippen LogP contribution in [0, 0.1) is 11.3 Å². The largest absolute Gasteiger partial charge is 0.493 e. The number of ether oxygens (including phenoxy) is 2. The number of aromatic nitrogens is 2. The molecule has 1 heterocycles. The first-order valence-corrected chi connectivity index (χ1v) is 6.39. The van der Waals surface area contributed by atoms with Crippen LogP contribution in [0.25, 0.3) is 0 Å².